The predicted molar refractivity (Wildman–Crippen MR) is 554 cm³/mol. The summed E-state index contributed by atoms with van der Waals surface area (Å²) in [5.74, 6) is 4.12. The molecule has 11 N–H and O–H groups in total. The Bertz CT molecular complexity index is 4490. The summed E-state index contributed by atoms with van der Waals surface area (Å²) >= 11 is 0. The average molecular weight is 1960 g/mol. The van der Waals surface area contributed by atoms with Gasteiger partial charge in [-0.25, -0.2) is 0 Å². The van der Waals surface area contributed by atoms with E-state index in [0.29, 0.717) is 85.7 Å². The smallest absolute Gasteiger partial charge is 0.273 e. The van der Waals surface area contributed by atoms with Crippen LogP contribution < -0.4 is 58.5 Å². The van der Waals surface area contributed by atoms with Crippen LogP contribution in [0.4, 0.5) is 0 Å². The van der Waals surface area contributed by atoms with Gasteiger partial charge in [0, 0.05) is 178 Å². The molecule has 0 saturated heterocycles. The van der Waals surface area contributed by atoms with Gasteiger partial charge in [-0.05, 0) is 166 Å². The van der Waals surface area contributed by atoms with Crippen molar-refractivity contribution in [2.75, 3.05) is 160 Å². The molecule has 7 amide bonds. The van der Waals surface area contributed by atoms with Gasteiger partial charge in [-0.3, -0.25) is 33.6 Å². The SMILES string of the molecule is CCCCNCC(C)(C)CNC(=O)c1cc(CC)on1.CCCCNCC(C)(C)CNC(=O)c1noc(CC)c1C.CCCCNCC(C)(C)CNC(=O)c1noc(CC)c1C.CCCCNCC(C)(CC)CNC(=O)c1cc(CC)on1.CCc1cc(C(=O)NCC(C)(C)CN(C)C)no1.CCc1cc(C(=O)NCC(C)(CC)CN(C)C)no1.CCc1onc(C(=O)NCC(C)(C)CN(C)C)c1C. The van der Waals surface area contributed by atoms with Crippen LogP contribution in [0.5, 0.6) is 0 Å². The monoisotopic (exact) mass is 1950 g/mol. The lowest BCUT2D eigenvalue weighted by molar-refractivity contribution is 0.0906. The third-order valence-corrected chi connectivity index (χ3v) is 23.3. The van der Waals surface area contributed by atoms with Crippen LogP contribution in [0.25, 0.3) is 0 Å². The van der Waals surface area contributed by atoms with Crippen LogP contribution in [0.3, 0.4) is 0 Å². The number of nitrogens with zero attached hydrogens (tertiary/aromatic N) is 10. The largest absolute Gasteiger partial charge is 0.361 e. The first-order valence-corrected chi connectivity index (χ1v) is 50.8. The molecule has 0 aliphatic rings. The van der Waals surface area contributed by atoms with Crippen LogP contribution >= 0.6 is 0 Å². The van der Waals surface area contributed by atoms with Crippen molar-refractivity contribution in [3.05, 3.63) is 121 Å². The molecule has 792 valence electrons. The molecule has 35 heteroatoms. The number of carbonyl (C=O) groups excluding carboxylic acids is 7. The summed E-state index contributed by atoms with van der Waals surface area (Å²) in [6, 6.07) is 6.79. The van der Waals surface area contributed by atoms with E-state index < -0.39 is 0 Å². The summed E-state index contributed by atoms with van der Waals surface area (Å²) in [5, 5.41) is 61.0. The number of aryl methyl sites for hydroxylation is 7. The number of carbonyl (C=O) groups is 7. The molecule has 0 saturated carbocycles. The molecule has 7 rings (SSSR count). The number of nitrogens with one attached hydrogen (secondary N) is 11. The van der Waals surface area contributed by atoms with Gasteiger partial charge in [-0.1, -0.05) is 235 Å². The lowest BCUT2D eigenvalue weighted by atomic mass is 9.87. The molecule has 0 fully saturated rings. The lowest BCUT2D eigenvalue weighted by Gasteiger charge is -2.31. The number of unbranched alkanes of at least 4 members (excludes halogenated alkanes) is 4. The normalized spacial score (nSPS) is 12.4. The first kappa shape index (κ1) is 127. The molecule has 0 radical (unpaired) electrons. The second-order valence-corrected chi connectivity index (χ2v) is 41.7. The van der Waals surface area contributed by atoms with Crippen LogP contribution in [-0.2, 0) is 44.9 Å². The van der Waals surface area contributed by atoms with Crippen molar-refractivity contribution < 1.29 is 65.2 Å². The molecule has 0 spiro atoms. The minimum Gasteiger partial charge on any atom is -0.361 e. The molecule has 0 aliphatic heterocycles. The number of amides is 7. The predicted octanol–water partition coefficient (Wildman–Crippen LogP) is 15.9. The zero-order valence-corrected chi connectivity index (χ0v) is 92.2. The molecule has 0 aliphatic carbocycles. The van der Waals surface area contributed by atoms with E-state index in [1.165, 1.54) is 51.4 Å². The van der Waals surface area contributed by atoms with Crippen LogP contribution in [0.1, 0.15) is 368 Å². The second kappa shape index (κ2) is 66.3. The molecule has 7 heterocycles. The Labute approximate surface area is 833 Å². The molecule has 7 aromatic rings. The Balaban J connectivity index is 0.000000811. The average Bonchev–Trinajstić information content (AvgIpc) is 1.71. The van der Waals surface area contributed by atoms with Crippen molar-refractivity contribution in [1.82, 2.24) is 109 Å². The van der Waals surface area contributed by atoms with Gasteiger partial charge < -0.3 is 105 Å². The highest BCUT2D eigenvalue weighted by atomic mass is 16.5. The van der Waals surface area contributed by atoms with Crippen LogP contribution in [-0.4, -0.2) is 252 Å². The topological polar surface area (TPSA) is 444 Å². The Kier molecular flexibility index (Phi) is 60.8. The van der Waals surface area contributed by atoms with E-state index in [9.17, 15) is 33.6 Å². The van der Waals surface area contributed by atoms with E-state index in [-0.39, 0.29) is 79.3 Å². The van der Waals surface area contributed by atoms with Gasteiger partial charge in [0.05, 0.1) is 0 Å². The van der Waals surface area contributed by atoms with Gasteiger partial charge in [0.2, 0.25) is 0 Å². The minimum atomic E-state index is -0.176. The molecule has 2 unspecified atom stereocenters. The van der Waals surface area contributed by atoms with E-state index in [0.717, 1.165) is 187 Å². The summed E-state index contributed by atoms with van der Waals surface area (Å²) in [6.07, 6.45) is 16.7. The number of hydrogen-bond donors (Lipinski definition) is 11. The zero-order valence-electron chi connectivity index (χ0n) is 92.2. The maximum absolute atomic E-state index is 12.2. The summed E-state index contributed by atoms with van der Waals surface area (Å²) < 4.78 is 35.6. The Morgan fingerprint density at radius 2 is 0.489 bits per heavy atom. The first-order valence-electron chi connectivity index (χ1n) is 50.8. The molecule has 7 aromatic heterocycles. The lowest BCUT2D eigenvalue weighted by Crippen LogP contribution is -2.42. The molecule has 2 atom stereocenters. The minimum absolute atomic E-state index is 0.00856. The van der Waals surface area contributed by atoms with Crippen molar-refractivity contribution in [1.29, 1.82) is 0 Å². The Morgan fingerprint density at radius 1 is 0.266 bits per heavy atom. The van der Waals surface area contributed by atoms with E-state index in [1.807, 2.05) is 112 Å². The third kappa shape index (κ3) is 52.2. The van der Waals surface area contributed by atoms with Gasteiger partial charge in [0.15, 0.2) is 39.9 Å². The second-order valence-electron chi connectivity index (χ2n) is 41.7. The molecule has 0 bridgehead atoms. The highest BCUT2D eigenvalue weighted by Crippen LogP contribution is 2.25. The molecule has 0 aromatic carbocycles. The fourth-order valence-electron chi connectivity index (χ4n) is 14.1. The molecular weight excluding hydrogens is 1770 g/mol. The number of aromatic nitrogens is 7. The van der Waals surface area contributed by atoms with Gasteiger partial charge in [0.25, 0.3) is 41.4 Å². The van der Waals surface area contributed by atoms with E-state index in [4.69, 9.17) is 31.7 Å². The van der Waals surface area contributed by atoms with Gasteiger partial charge in [0.1, 0.15) is 40.3 Å². The first-order chi connectivity index (χ1) is 65.3. The van der Waals surface area contributed by atoms with Crippen molar-refractivity contribution in [2.45, 2.75) is 303 Å². The van der Waals surface area contributed by atoms with Crippen molar-refractivity contribution >= 4 is 41.4 Å². The summed E-state index contributed by atoms with van der Waals surface area (Å²) in [7, 11) is 12.2. The molecular formula is C104H187N21O14. The van der Waals surface area contributed by atoms with Crippen LogP contribution in [0, 0.1) is 58.7 Å². The Hall–Kier alpha value is -9.52. The molecule has 35 nitrogen and oxygen atoms in total. The van der Waals surface area contributed by atoms with E-state index in [2.05, 4.69) is 234 Å². The van der Waals surface area contributed by atoms with Crippen molar-refractivity contribution in [3.8, 4) is 0 Å². The van der Waals surface area contributed by atoms with Gasteiger partial charge in [-0.15, -0.1) is 0 Å². The number of rotatable bonds is 56. The summed E-state index contributed by atoms with van der Waals surface area (Å²) in [6.45, 7) is 72.8. The van der Waals surface area contributed by atoms with E-state index >= 15 is 0 Å². The number of hydrogen-bond acceptors (Lipinski definition) is 28. The van der Waals surface area contributed by atoms with E-state index in [1.54, 1.807) is 24.3 Å². The maximum Gasteiger partial charge on any atom is 0.273 e. The maximum atomic E-state index is 12.2. The zero-order chi connectivity index (χ0) is 105. The standard InChI is InChI=1S/3C16H29N3O2.C15H27N3O2.2C14H25N3O2.C13H23N3O2/c2*1-6-8-9-17-10-16(4,5)11-18-15(20)14-12(3)13(7-2)21-19-14;1-5-8-9-17-11-16(4,7-3)12-18-15(20)14-10-13(6-2)21-19-14;1-5-7-8-16-10-15(3,4)11-17-14(19)13-9-12(6-2)20-18-13;1-7-11-10(2)12(16-19-11)13(18)15-8-14(3,4)9-17(5)6;1-6-11-8-12(16-19-11)13(18)15-9-14(3,7-2)10-17(4)5;1-6-10-7-11(15-18-10)12(17)14-8-13(2,3)9-16(4)5/h2*17H,6-11H2,1-5H3,(H,18,20);10,17H,5-9,11-12H2,1-4H3,(H,18,20);9,16H,5-8,10-11H2,1-4H3,(H,17,19);7-9H2,1-6H3,(H,15,18);8H,6-7,9-10H2,1-5H3,(H,15,18);7H,6,8-9H2,1-5H3,(H,14,17). The van der Waals surface area contributed by atoms with Gasteiger partial charge >= 0.3 is 0 Å². The van der Waals surface area contributed by atoms with Crippen molar-refractivity contribution in [2.24, 2.45) is 37.9 Å². The summed E-state index contributed by atoms with van der Waals surface area (Å²) in [4.78, 5) is 90.6. The highest BCUT2D eigenvalue weighted by Gasteiger charge is 2.31. The fraction of sp³-hybridized carbons (Fsp3) is 0.731. The third-order valence-electron chi connectivity index (χ3n) is 23.3. The van der Waals surface area contributed by atoms with Gasteiger partial charge in [-0.2, -0.15) is 0 Å². The molecule has 139 heavy (non-hydrogen) atoms. The quantitative estimate of drug-likeness (QED) is 0.0158. The Morgan fingerprint density at radius 3 is 0.698 bits per heavy atom. The highest BCUT2D eigenvalue weighted by molar-refractivity contribution is 5.96. The summed E-state index contributed by atoms with van der Waals surface area (Å²) in [5.41, 5.74) is 5.37. The van der Waals surface area contributed by atoms with Crippen molar-refractivity contribution in [3.63, 3.8) is 0 Å². The fourth-order valence-corrected chi connectivity index (χ4v) is 14.1. The van der Waals surface area contributed by atoms with Crippen LogP contribution in [0.2, 0.25) is 0 Å². The van der Waals surface area contributed by atoms with Crippen LogP contribution in [0.15, 0.2) is 55.9 Å².